The lowest BCUT2D eigenvalue weighted by atomic mass is 9.98. The highest BCUT2D eigenvalue weighted by atomic mass is 16.7. The van der Waals surface area contributed by atoms with E-state index in [1.54, 1.807) is 32.1 Å². The maximum Gasteiger partial charge on any atom is 0.303 e. The molecule has 63 heavy (non-hydrogen) atoms. The lowest BCUT2D eigenvalue weighted by Crippen LogP contribution is -2.64. The van der Waals surface area contributed by atoms with Gasteiger partial charge in [0.25, 0.3) is 0 Å². The number of allylic oxidation sites excluding steroid dienone is 2. The number of esters is 2. The first-order chi connectivity index (χ1) is 29.8. The number of aliphatic hydroxyl groups is 7. The highest BCUT2D eigenvalue weighted by Crippen LogP contribution is 2.42. The molecule has 3 aromatic rings. The Kier molecular flexibility index (Phi) is 15.0. The second-order valence-electron chi connectivity index (χ2n) is 15.5. The molecule has 3 aliphatic rings. The largest absolute Gasteiger partial charge is 0.507 e. The highest BCUT2D eigenvalue weighted by molar-refractivity contribution is 5.91. The van der Waals surface area contributed by atoms with E-state index in [1.165, 1.54) is 26.2 Å². The number of phenolic OH excluding ortho intramolecular Hbond substituents is 1. The first kappa shape index (κ1) is 47.6. The zero-order chi connectivity index (χ0) is 46.0. The van der Waals surface area contributed by atoms with Gasteiger partial charge in [-0.3, -0.25) is 14.4 Å². The number of methoxy groups -OCH3 is 1. The number of hydrogen-bond donors (Lipinski definition) is 8. The molecule has 3 saturated heterocycles. The van der Waals surface area contributed by atoms with Gasteiger partial charge in [-0.2, -0.15) is 0 Å². The number of phenols is 1. The van der Waals surface area contributed by atoms with Gasteiger partial charge in [0.1, 0.15) is 77.0 Å². The summed E-state index contributed by atoms with van der Waals surface area (Å²) in [5.41, 5.74) is -0.0286. The molecule has 21 heteroatoms. The Morgan fingerprint density at radius 3 is 2.06 bits per heavy atom. The molecule has 2 aromatic carbocycles. The van der Waals surface area contributed by atoms with E-state index in [0.29, 0.717) is 5.75 Å². The molecule has 0 bridgehead atoms. The molecule has 346 valence electrons. The van der Waals surface area contributed by atoms with Crippen LogP contribution in [0.25, 0.3) is 22.3 Å². The molecule has 0 spiro atoms. The van der Waals surface area contributed by atoms with Crippen LogP contribution in [0, 0.1) is 0 Å². The number of carbonyl (C=O) groups is 2. The second-order valence-corrected chi connectivity index (χ2v) is 15.5. The van der Waals surface area contributed by atoms with E-state index in [2.05, 4.69) is 0 Å². The van der Waals surface area contributed by atoms with Crippen molar-refractivity contribution in [3.05, 3.63) is 57.8 Å². The molecule has 6 rings (SSSR count). The summed E-state index contributed by atoms with van der Waals surface area (Å²) in [4.78, 5) is 38.8. The van der Waals surface area contributed by atoms with Crippen LogP contribution >= 0.6 is 0 Å². The van der Waals surface area contributed by atoms with Crippen LogP contribution in [-0.4, -0.2) is 159 Å². The fourth-order valence-corrected chi connectivity index (χ4v) is 7.39. The third kappa shape index (κ3) is 10.1. The summed E-state index contributed by atoms with van der Waals surface area (Å²) in [6.45, 7) is 6.00. The molecule has 1 aromatic heterocycles. The van der Waals surface area contributed by atoms with Gasteiger partial charge < -0.3 is 87.9 Å². The molecule has 0 radical (unpaired) electrons. The number of ether oxygens (including phenoxy) is 9. The van der Waals surface area contributed by atoms with Gasteiger partial charge in [-0.25, -0.2) is 0 Å². The lowest BCUT2D eigenvalue weighted by Gasteiger charge is -2.45. The summed E-state index contributed by atoms with van der Waals surface area (Å²) < 4.78 is 57.5. The van der Waals surface area contributed by atoms with E-state index in [-0.39, 0.29) is 34.6 Å². The Morgan fingerprint density at radius 2 is 1.44 bits per heavy atom. The van der Waals surface area contributed by atoms with Gasteiger partial charge in [0.05, 0.1) is 26.4 Å². The monoisotopic (exact) mass is 892 g/mol. The Labute approximate surface area is 359 Å². The topological polar surface area (TPSA) is 309 Å². The molecule has 8 N–H and O–H groups in total. The van der Waals surface area contributed by atoms with Crippen molar-refractivity contribution in [3.8, 4) is 34.3 Å². The van der Waals surface area contributed by atoms with Crippen LogP contribution in [0.15, 0.2) is 51.2 Å². The van der Waals surface area contributed by atoms with Crippen LogP contribution in [-0.2, 0) is 44.4 Å². The van der Waals surface area contributed by atoms with E-state index in [4.69, 9.17) is 47.0 Å². The van der Waals surface area contributed by atoms with Gasteiger partial charge in [-0.15, -0.1) is 0 Å². The minimum Gasteiger partial charge on any atom is -0.507 e. The third-order valence-electron chi connectivity index (χ3n) is 10.6. The van der Waals surface area contributed by atoms with Crippen LogP contribution < -0.4 is 19.6 Å². The average molecular weight is 893 g/mol. The molecule has 3 fully saturated rings. The maximum absolute atomic E-state index is 14.8. The summed E-state index contributed by atoms with van der Waals surface area (Å²) in [6, 6.07) is 7.21. The fraction of sp³-hybridized carbons (Fsp3) is 0.548. The number of benzene rings is 2. The predicted molar refractivity (Wildman–Crippen MR) is 212 cm³/mol. The molecule has 0 aliphatic carbocycles. The zero-order valence-corrected chi connectivity index (χ0v) is 35.1. The van der Waals surface area contributed by atoms with Crippen molar-refractivity contribution in [3.63, 3.8) is 0 Å². The van der Waals surface area contributed by atoms with E-state index in [1.807, 2.05) is 0 Å². The molecule has 0 amide bonds. The highest BCUT2D eigenvalue weighted by Gasteiger charge is 2.52. The fourth-order valence-electron chi connectivity index (χ4n) is 7.39. The molecule has 21 nitrogen and oxygen atoms in total. The van der Waals surface area contributed by atoms with Gasteiger partial charge in [0.2, 0.25) is 23.8 Å². The van der Waals surface area contributed by atoms with Crippen LogP contribution in [0.3, 0.4) is 0 Å². The van der Waals surface area contributed by atoms with Gasteiger partial charge in [-0.05, 0) is 51.5 Å². The van der Waals surface area contributed by atoms with Crippen LogP contribution in [0.5, 0.6) is 23.0 Å². The number of carbonyl (C=O) groups excluding carboxylic acids is 2. The number of aliphatic hydroxyl groups excluding tert-OH is 7. The van der Waals surface area contributed by atoms with Crippen molar-refractivity contribution in [1.82, 2.24) is 0 Å². The Bertz CT molecular complexity index is 2180. The van der Waals surface area contributed by atoms with Crippen LogP contribution in [0.1, 0.15) is 40.2 Å². The van der Waals surface area contributed by atoms with Crippen molar-refractivity contribution >= 4 is 22.9 Å². The Balaban J connectivity index is 1.46. The van der Waals surface area contributed by atoms with E-state index in [0.717, 1.165) is 25.5 Å². The zero-order valence-electron chi connectivity index (χ0n) is 35.1. The van der Waals surface area contributed by atoms with Gasteiger partial charge in [0, 0.05) is 31.0 Å². The van der Waals surface area contributed by atoms with Gasteiger partial charge >= 0.3 is 11.9 Å². The van der Waals surface area contributed by atoms with Crippen LogP contribution in [0.4, 0.5) is 0 Å². The summed E-state index contributed by atoms with van der Waals surface area (Å²) in [6.07, 6.45) is -20.9. The molecule has 3 aliphatic heterocycles. The van der Waals surface area contributed by atoms with Crippen molar-refractivity contribution < 1.29 is 97.5 Å². The van der Waals surface area contributed by atoms with Crippen molar-refractivity contribution in [2.24, 2.45) is 0 Å². The smallest absolute Gasteiger partial charge is 0.303 e. The van der Waals surface area contributed by atoms with Crippen LogP contribution in [0.2, 0.25) is 0 Å². The minimum atomic E-state index is -1.95. The number of rotatable bonds is 13. The Morgan fingerprint density at radius 1 is 0.810 bits per heavy atom. The van der Waals surface area contributed by atoms with Crippen molar-refractivity contribution in [1.29, 1.82) is 0 Å². The maximum atomic E-state index is 14.8. The quantitative estimate of drug-likeness (QED) is 0.0805. The van der Waals surface area contributed by atoms with E-state index >= 15 is 0 Å². The van der Waals surface area contributed by atoms with E-state index < -0.39 is 133 Å². The van der Waals surface area contributed by atoms with Crippen molar-refractivity contribution in [2.45, 2.75) is 127 Å². The molecule has 0 unspecified atom stereocenters. The second kappa shape index (κ2) is 19.9. The van der Waals surface area contributed by atoms with Gasteiger partial charge in [-0.1, -0.05) is 11.6 Å². The SMILES string of the molecule is COc1ccc(-c2oc3c(CC=C(C)C)c(O[C@@H]4O[C@@H](CO)[C@@H](O)[C@H](O)[C@H]4O)cc(O)c3c(=O)c2O[C@H]2O[C@H](C)[C@H](OC(C)=O)[C@H](O[C@@H]3OC[C@H](O)[C@@H](OC(C)=O)[C@@H]3O)[C@H]2O)cc1. The first-order valence-electron chi connectivity index (χ1n) is 19.9. The standard InChI is InChI=1S/C42H52O21/c1-16(2)7-12-22-25(59-41-31(51)30(50)28(48)26(14-43)60-41)13-23(46)27-29(49)38(35(61-36(22)27)20-8-10-21(54-6)11-9-20)63-42-33(53)39(34(17(3)56-42)57-18(4)44)62-40-32(52)37(58-19(5)45)24(47)15-55-40/h7-11,13,17,24,26,28,30-34,37,39-43,46-48,50-53H,12,14-15H2,1-6H3/t17-,24+,26+,28-,30+,31-,32+,33-,34+,37-,39-,40+,41-,42-/m1/s1. The third-order valence-corrected chi connectivity index (χ3v) is 10.6. The normalized spacial score (nSPS) is 32.1. The molecule has 14 atom stereocenters. The lowest BCUT2D eigenvalue weighted by molar-refractivity contribution is -0.337. The molecule has 0 saturated carbocycles. The summed E-state index contributed by atoms with van der Waals surface area (Å²) >= 11 is 0. The molecular weight excluding hydrogens is 840 g/mol. The Hall–Kier alpha value is -4.91. The number of fused-ring (bicyclic) bond motifs is 1. The van der Waals surface area contributed by atoms with Gasteiger partial charge in [0.15, 0.2) is 24.3 Å². The first-order valence-corrected chi connectivity index (χ1v) is 19.9. The number of hydrogen-bond acceptors (Lipinski definition) is 21. The van der Waals surface area contributed by atoms with E-state index in [9.17, 15) is 55.2 Å². The molecular formula is C42H52O21. The summed E-state index contributed by atoms with van der Waals surface area (Å²) in [7, 11) is 1.44. The van der Waals surface area contributed by atoms with Crippen molar-refractivity contribution in [2.75, 3.05) is 20.3 Å². The predicted octanol–water partition coefficient (Wildman–Crippen LogP) is -0.327. The molecule has 4 heterocycles. The average Bonchev–Trinajstić information content (AvgIpc) is 3.23. The number of aromatic hydroxyl groups is 1. The summed E-state index contributed by atoms with van der Waals surface area (Å²) in [5, 5.41) is 85.7. The minimum absolute atomic E-state index is 0.0000166. The summed E-state index contributed by atoms with van der Waals surface area (Å²) in [5.74, 6) is -2.94.